The minimum atomic E-state index is -0.0627. The molecule has 6 nitrogen and oxygen atoms in total. The van der Waals surface area contributed by atoms with E-state index in [0.717, 1.165) is 33.5 Å². The number of aryl methyl sites for hydroxylation is 2. The number of fused-ring (bicyclic) bond motifs is 1. The molecule has 0 spiro atoms. The molecule has 1 amide bonds. The molecule has 2 heterocycles. The number of carbonyl (C=O) groups excluding carboxylic acids is 1. The summed E-state index contributed by atoms with van der Waals surface area (Å²) in [5.41, 5.74) is 10.9. The van der Waals surface area contributed by atoms with Crippen molar-refractivity contribution in [2.75, 3.05) is 5.73 Å². The first-order chi connectivity index (χ1) is 11.0. The van der Waals surface area contributed by atoms with Gasteiger partial charge in [0.25, 0.3) is 0 Å². The molecule has 0 atom stereocenters. The number of nitrogens with zero attached hydrogens (tertiary/aromatic N) is 2. The van der Waals surface area contributed by atoms with Crippen LogP contribution in [0.1, 0.15) is 22.6 Å². The molecule has 0 aliphatic carbocycles. The average molecular weight is 309 g/mol. The second kappa shape index (κ2) is 6.08. The van der Waals surface area contributed by atoms with Crippen LogP contribution in [0.15, 0.2) is 30.3 Å². The van der Waals surface area contributed by atoms with Crippen molar-refractivity contribution < 1.29 is 4.79 Å². The standard InChI is InChI=1S/C17H19N5O/c1-10-15(11(2)22-21-10)9-19-17(23)8-14-5-3-12-7-13(18)4-6-16(12)20-14/h3-7H,8-9,18H2,1-2H3,(H,19,23)(H,21,22). The molecule has 6 heteroatoms. The zero-order valence-electron chi connectivity index (χ0n) is 13.2. The number of nitrogens with one attached hydrogen (secondary N) is 2. The van der Waals surface area contributed by atoms with Gasteiger partial charge >= 0.3 is 0 Å². The highest BCUT2D eigenvalue weighted by atomic mass is 16.1. The Hall–Kier alpha value is -2.89. The topological polar surface area (TPSA) is 96.7 Å². The van der Waals surface area contributed by atoms with Crippen LogP contribution >= 0.6 is 0 Å². The summed E-state index contributed by atoms with van der Waals surface area (Å²) in [6.07, 6.45) is 0.246. The molecule has 4 N–H and O–H groups in total. The Labute approximate surface area is 134 Å². The van der Waals surface area contributed by atoms with Crippen LogP contribution in [0.5, 0.6) is 0 Å². The van der Waals surface area contributed by atoms with Crippen molar-refractivity contribution in [3.8, 4) is 0 Å². The summed E-state index contributed by atoms with van der Waals surface area (Å²) in [7, 11) is 0. The van der Waals surface area contributed by atoms with Gasteiger partial charge in [-0.15, -0.1) is 0 Å². The Balaban J connectivity index is 1.67. The van der Waals surface area contributed by atoms with Crippen LogP contribution < -0.4 is 11.1 Å². The molecule has 0 bridgehead atoms. The van der Waals surface area contributed by atoms with E-state index in [9.17, 15) is 4.79 Å². The molecule has 0 aliphatic rings. The summed E-state index contributed by atoms with van der Waals surface area (Å²) in [5.74, 6) is -0.0627. The Kier molecular flexibility index (Phi) is 3.97. The molecule has 3 aromatic rings. The number of rotatable bonds is 4. The molecule has 0 aliphatic heterocycles. The maximum atomic E-state index is 12.1. The molecule has 118 valence electrons. The highest BCUT2D eigenvalue weighted by molar-refractivity contribution is 5.83. The van der Waals surface area contributed by atoms with Gasteiger partial charge in [-0.05, 0) is 38.1 Å². The number of hydrogen-bond donors (Lipinski definition) is 3. The lowest BCUT2D eigenvalue weighted by atomic mass is 10.1. The van der Waals surface area contributed by atoms with Crippen LogP contribution in [0.25, 0.3) is 10.9 Å². The van der Waals surface area contributed by atoms with E-state index in [2.05, 4.69) is 20.5 Å². The van der Waals surface area contributed by atoms with E-state index < -0.39 is 0 Å². The van der Waals surface area contributed by atoms with Gasteiger partial charge in [0, 0.05) is 28.9 Å². The molecule has 1 aromatic carbocycles. The fourth-order valence-corrected chi connectivity index (χ4v) is 2.53. The summed E-state index contributed by atoms with van der Waals surface area (Å²) in [6.45, 7) is 4.33. The lowest BCUT2D eigenvalue weighted by Gasteiger charge is -2.06. The number of benzene rings is 1. The van der Waals surface area contributed by atoms with Gasteiger partial charge in [0.05, 0.1) is 23.3 Å². The first kappa shape index (κ1) is 15.0. The number of carbonyl (C=O) groups is 1. The largest absolute Gasteiger partial charge is 0.399 e. The Morgan fingerprint density at radius 1 is 1.26 bits per heavy atom. The quantitative estimate of drug-likeness (QED) is 0.642. The van der Waals surface area contributed by atoms with Crippen molar-refractivity contribution in [2.45, 2.75) is 26.8 Å². The molecular formula is C17H19N5O. The minimum Gasteiger partial charge on any atom is -0.399 e. The van der Waals surface area contributed by atoms with Gasteiger partial charge in [-0.3, -0.25) is 14.9 Å². The number of amides is 1. The predicted octanol–water partition coefficient (Wildman–Crippen LogP) is 2.02. The molecule has 0 fully saturated rings. The maximum absolute atomic E-state index is 12.1. The summed E-state index contributed by atoms with van der Waals surface area (Å²) in [4.78, 5) is 16.6. The molecule has 0 saturated carbocycles. The van der Waals surface area contributed by atoms with Crippen LogP contribution in [-0.2, 0) is 17.8 Å². The van der Waals surface area contributed by atoms with Gasteiger partial charge in [0.15, 0.2) is 0 Å². The molecule has 23 heavy (non-hydrogen) atoms. The van der Waals surface area contributed by atoms with Crippen LogP contribution in [0.2, 0.25) is 0 Å². The van der Waals surface area contributed by atoms with Crippen LogP contribution in [-0.4, -0.2) is 21.1 Å². The molecule has 2 aromatic heterocycles. The molecule has 3 rings (SSSR count). The Morgan fingerprint density at radius 3 is 2.83 bits per heavy atom. The van der Waals surface area contributed by atoms with Crippen molar-refractivity contribution in [2.24, 2.45) is 0 Å². The molecule has 0 radical (unpaired) electrons. The summed E-state index contributed by atoms with van der Waals surface area (Å²) >= 11 is 0. The van der Waals surface area contributed by atoms with Gasteiger partial charge in [-0.1, -0.05) is 6.07 Å². The lowest BCUT2D eigenvalue weighted by molar-refractivity contribution is -0.120. The van der Waals surface area contributed by atoms with Gasteiger partial charge in [0.2, 0.25) is 5.91 Å². The first-order valence-electron chi connectivity index (χ1n) is 7.45. The second-order valence-electron chi connectivity index (χ2n) is 5.62. The number of H-pyrrole nitrogens is 1. The lowest BCUT2D eigenvalue weighted by Crippen LogP contribution is -2.25. The van der Waals surface area contributed by atoms with Gasteiger partial charge in [-0.25, -0.2) is 0 Å². The molecule has 0 unspecified atom stereocenters. The number of nitrogens with two attached hydrogens (primary N) is 1. The van der Waals surface area contributed by atoms with Crippen molar-refractivity contribution in [1.82, 2.24) is 20.5 Å². The monoisotopic (exact) mass is 309 g/mol. The zero-order chi connectivity index (χ0) is 16.4. The van der Waals surface area contributed by atoms with E-state index in [1.165, 1.54) is 0 Å². The fourth-order valence-electron chi connectivity index (χ4n) is 2.53. The van der Waals surface area contributed by atoms with E-state index in [1.54, 1.807) is 0 Å². The second-order valence-corrected chi connectivity index (χ2v) is 5.62. The van der Waals surface area contributed by atoms with E-state index in [1.807, 2.05) is 44.2 Å². The Morgan fingerprint density at radius 2 is 2.09 bits per heavy atom. The van der Waals surface area contributed by atoms with Crippen molar-refractivity contribution in [1.29, 1.82) is 0 Å². The van der Waals surface area contributed by atoms with E-state index >= 15 is 0 Å². The maximum Gasteiger partial charge on any atom is 0.226 e. The highest BCUT2D eigenvalue weighted by Gasteiger charge is 2.09. The number of nitrogen functional groups attached to an aromatic ring is 1. The van der Waals surface area contributed by atoms with Crippen LogP contribution in [0.3, 0.4) is 0 Å². The van der Waals surface area contributed by atoms with E-state index in [0.29, 0.717) is 12.2 Å². The van der Waals surface area contributed by atoms with Crippen LogP contribution in [0.4, 0.5) is 5.69 Å². The van der Waals surface area contributed by atoms with Crippen molar-refractivity contribution in [3.63, 3.8) is 0 Å². The SMILES string of the molecule is Cc1n[nH]c(C)c1CNC(=O)Cc1ccc2cc(N)ccc2n1. The van der Waals surface area contributed by atoms with E-state index in [4.69, 9.17) is 5.73 Å². The molecular weight excluding hydrogens is 290 g/mol. The predicted molar refractivity (Wildman–Crippen MR) is 89.8 cm³/mol. The zero-order valence-corrected chi connectivity index (χ0v) is 13.2. The highest BCUT2D eigenvalue weighted by Crippen LogP contribution is 2.16. The van der Waals surface area contributed by atoms with Gasteiger partial charge in [0.1, 0.15) is 0 Å². The molecule has 0 saturated heterocycles. The average Bonchev–Trinajstić information content (AvgIpc) is 2.84. The normalized spacial score (nSPS) is 10.9. The summed E-state index contributed by atoms with van der Waals surface area (Å²) in [6, 6.07) is 9.34. The van der Waals surface area contributed by atoms with Gasteiger partial charge < -0.3 is 11.1 Å². The smallest absolute Gasteiger partial charge is 0.226 e. The third-order valence-corrected chi connectivity index (χ3v) is 3.86. The summed E-state index contributed by atoms with van der Waals surface area (Å²) < 4.78 is 0. The fraction of sp³-hybridized carbons (Fsp3) is 0.235. The first-order valence-corrected chi connectivity index (χ1v) is 7.45. The van der Waals surface area contributed by atoms with Crippen molar-refractivity contribution >= 4 is 22.5 Å². The van der Waals surface area contributed by atoms with Crippen LogP contribution in [0, 0.1) is 13.8 Å². The number of aromatic nitrogens is 3. The number of anilines is 1. The Bertz CT molecular complexity index is 849. The third kappa shape index (κ3) is 3.31. The number of hydrogen-bond acceptors (Lipinski definition) is 4. The number of pyridine rings is 1. The minimum absolute atomic E-state index is 0.0627. The number of aromatic amines is 1. The summed E-state index contributed by atoms with van der Waals surface area (Å²) in [5, 5.41) is 10.9. The van der Waals surface area contributed by atoms with Gasteiger partial charge in [-0.2, -0.15) is 5.10 Å². The van der Waals surface area contributed by atoms with E-state index in [-0.39, 0.29) is 12.3 Å². The third-order valence-electron chi connectivity index (χ3n) is 3.86. The van der Waals surface area contributed by atoms with Crippen molar-refractivity contribution in [3.05, 3.63) is 53.0 Å².